The molecule has 1 aromatic heterocycles. The zero-order valence-electron chi connectivity index (χ0n) is 9.23. The summed E-state index contributed by atoms with van der Waals surface area (Å²) in [5.74, 6) is 1.45. The Bertz CT molecular complexity index is 323. The van der Waals surface area contributed by atoms with Gasteiger partial charge in [-0.2, -0.15) is 5.10 Å². The highest BCUT2D eigenvalue weighted by Crippen LogP contribution is 2.19. The van der Waals surface area contributed by atoms with E-state index in [1.54, 1.807) is 6.20 Å². The summed E-state index contributed by atoms with van der Waals surface area (Å²) in [4.78, 5) is 0. The van der Waals surface area contributed by atoms with Crippen molar-refractivity contribution in [1.82, 2.24) is 10.2 Å². The van der Waals surface area contributed by atoms with Gasteiger partial charge < -0.3 is 10.1 Å². The number of aryl methyl sites for hydroxylation is 1. The summed E-state index contributed by atoms with van der Waals surface area (Å²) in [6.45, 7) is 5.93. The van der Waals surface area contributed by atoms with Crippen molar-refractivity contribution in [2.75, 3.05) is 18.5 Å². The molecular formula is C11H17N3O. The standard InChI is InChI=1S/C11H17N3O/c1-8-5-11(14-12-6-8)13-9(2)10-3-4-15-7-10/h5-6,9-10H,3-4,7H2,1-2H3,(H,13,14). The molecule has 2 rings (SSSR count). The van der Waals surface area contributed by atoms with Crippen LogP contribution in [0, 0.1) is 12.8 Å². The van der Waals surface area contributed by atoms with Crippen molar-refractivity contribution < 1.29 is 4.74 Å². The predicted molar refractivity (Wildman–Crippen MR) is 58.8 cm³/mol. The molecular weight excluding hydrogens is 190 g/mol. The SMILES string of the molecule is Cc1cnnc(NC(C)C2CCOC2)c1. The lowest BCUT2D eigenvalue weighted by molar-refractivity contribution is 0.183. The number of rotatable bonds is 3. The fraction of sp³-hybridized carbons (Fsp3) is 0.636. The maximum absolute atomic E-state index is 5.36. The summed E-state index contributed by atoms with van der Waals surface area (Å²) < 4.78 is 5.36. The van der Waals surface area contributed by atoms with Crippen molar-refractivity contribution in [2.24, 2.45) is 5.92 Å². The average Bonchev–Trinajstić information content (AvgIpc) is 2.70. The topological polar surface area (TPSA) is 47.0 Å². The maximum atomic E-state index is 5.36. The molecule has 0 aromatic carbocycles. The van der Waals surface area contributed by atoms with Crippen LogP contribution < -0.4 is 5.32 Å². The molecule has 0 saturated carbocycles. The molecule has 15 heavy (non-hydrogen) atoms. The number of hydrogen-bond acceptors (Lipinski definition) is 4. The fourth-order valence-electron chi connectivity index (χ4n) is 1.83. The summed E-state index contributed by atoms with van der Waals surface area (Å²) >= 11 is 0. The van der Waals surface area contributed by atoms with Gasteiger partial charge in [-0.25, -0.2) is 0 Å². The first-order valence-electron chi connectivity index (χ1n) is 5.39. The fourth-order valence-corrected chi connectivity index (χ4v) is 1.83. The second-order valence-electron chi connectivity index (χ2n) is 4.17. The number of anilines is 1. The van der Waals surface area contributed by atoms with Crippen LogP contribution in [0.3, 0.4) is 0 Å². The molecule has 4 nitrogen and oxygen atoms in total. The molecule has 1 fully saturated rings. The predicted octanol–water partition coefficient (Wildman–Crippen LogP) is 1.62. The zero-order chi connectivity index (χ0) is 10.7. The van der Waals surface area contributed by atoms with Crippen LogP contribution in [0.4, 0.5) is 5.82 Å². The Hall–Kier alpha value is -1.16. The van der Waals surface area contributed by atoms with Crippen molar-refractivity contribution in [2.45, 2.75) is 26.3 Å². The number of ether oxygens (including phenoxy) is 1. The summed E-state index contributed by atoms with van der Waals surface area (Å²) in [5.41, 5.74) is 1.13. The molecule has 1 aliphatic heterocycles. The molecule has 2 atom stereocenters. The summed E-state index contributed by atoms with van der Waals surface area (Å²) in [7, 11) is 0. The number of aromatic nitrogens is 2. The highest BCUT2D eigenvalue weighted by Gasteiger charge is 2.22. The van der Waals surface area contributed by atoms with Crippen LogP contribution in [-0.4, -0.2) is 29.5 Å². The third-order valence-corrected chi connectivity index (χ3v) is 2.84. The molecule has 0 aliphatic carbocycles. The average molecular weight is 207 g/mol. The minimum Gasteiger partial charge on any atom is -0.381 e. The monoisotopic (exact) mass is 207 g/mol. The molecule has 0 amide bonds. The van der Waals surface area contributed by atoms with Gasteiger partial charge in [0.15, 0.2) is 0 Å². The Morgan fingerprint density at radius 2 is 2.47 bits per heavy atom. The van der Waals surface area contributed by atoms with E-state index in [9.17, 15) is 0 Å². The van der Waals surface area contributed by atoms with Gasteiger partial charge >= 0.3 is 0 Å². The molecule has 1 aromatic rings. The van der Waals surface area contributed by atoms with E-state index >= 15 is 0 Å². The minimum absolute atomic E-state index is 0.392. The summed E-state index contributed by atoms with van der Waals surface area (Å²) in [5, 5.41) is 11.3. The number of nitrogens with one attached hydrogen (secondary N) is 1. The largest absolute Gasteiger partial charge is 0.381 e. The van der Waals surface area contributed by atoms with E-state index in [-0.39, 0.29) is 0 Å². The number of hydrogen-bond donors (Lipinski definition) is 1. The van der Waals surface area contributed by atoms with Gasteiger partial charge in [0, 0.05) is 18.6 Å². The Morgan fingerprint density at radius 3 is 3.13 bits per heavy atom. The molecule has 0 spiro atoms. The van der Waals surface area contributed by atoms with Crippen LogP contribution in [0.15, 0.2) is 12.3 Å². The smallest absolute Gasteiger partial charge is 0.149 e. The van der Waals surface area contributed by atoms with E-state index in [2.05, 4.69) is 22.4 Å². The van der Waals surface area contributed by atoms with E-state index in [1.807, 2.05) is 13.0 Å². The number of nitrogens with zero attached hydrogens (tertiary/aromatic N) is 2. The molecule has 82 valence electrons. The van der Waals surface area contributed by atoms with E-state index in [4.69, 9.17) is 4.74 Å². The van der Waals surface area contributed by atoms with Crippen molar-refractivity contribution in [3.8, 4) is 0 Å². The van der Waals surface area contributed by atoms with Crippen LogP contribution in [-0.2, 0) is 4.74 Å². The molecule has 1 saturated heterocycles. The lowest BCUT2D eigenvalue weighted by Gasteiger charge is -2.19. The first kappa shape index (κ1) is 10.4. The molecule has 2 heterocycles. The molecule has 0 bridgehead atoms. The van der Waals surface area contributed by atoms with Crippen molar-refractivity contribution in [3.63, 3.8) is 0 Å². The zero-order valence-corrected chi connectivity index (χ0v) is 9.23. The Kier molecular flexibility index (Phi) is 3.16. The van der Waals surface area contributed by atoms with E-state index in [0.717, 1.165) is 31.0 Å². The van der Waals surface area contributed by atoms with Crippen molar-refractivity contribution in [3.05, 3.63) is 17.8 Å². The highest BCUT2D eigenvalue weighted by molar-refractivity contribution is 5.36. The normalized spacial score (nSPS) is 22.7. The summed E-state index contributed by atoms with van der Waals surface area (Å²) in [6, 6.07) is 2.41. The van der Waals surface area contributed by atoms with Crippen LogP contribution in [0.5, 0.6) is 0 Å². The maximum Gasteiger partial charge on any atom is 0.149 e. The molecule has 2 unspecified atom stereocenters. The quantitative estimate of drug-likeness (QED) is 0.818. The molecule has 1 aliphatic rings. The molecule has 1 N–H and O–H groups in total. The Labute approximate surface area is 90.1 Å². The summed E-state index contributed by atoms with van der Waals surface area (Å²) in [6.07, 6.45) is 2.89. The third-order valence-electron chi connectivity index (χ3n) is 2.84. The van der Waals surface area contributed by atoms with Crippen molar-refractivity contribution in [1.29, 1.82) is 0 Å². The van der Waals surface area contributed by atoms with Crippen molar-refractivity contribution >= 4 is 5.82 Å². The van der Waals surface area contributed by atoms with Gasteiger partial charge in [0.2, 0.25) is 0 Å². The van der Waals surface area contributed by atoms with Crippen LogP contribution in [0.2, 0.25) is 0 Å². The van der Waals surface area contributed by atoms with E-state index < -0.39 is 0 Å². The van der Waals surface area contributed by atoms with Gasteiger partial charge in [-0.15, -0.1) is 5.10 Å². The van der Waals surface area contributed by atoms with Crippen LogP contribution in [0.1, 0.15) is 18.9 Å². The first-order valence-corrected chi connectivity index (χ1v) is 5.39. The van der Waals surface area contributed by atoms with Crippen LogP contribution in [0.25, 0.3) is 0 Å². The third kappa shape index (κ3) is 2.65. The van der Waals surface area contributed by atoms with Gasteiger partial charge in [-0.05, 0) is 31.9 Å². The van der Waals surface area contributed by atoms with Gasteiger partial charge in [0.25, 0.3) is 0 Å². The van der Waals surface area contributed by atoms with E-state index in [1.165, 1.54) is 0 Å². The van der Waals surface area contributed by atoms with Gasteiger partial charge in [0.05, 0.1) is 12.8 Å². The molecule has 0 radical (unpaired) electrons. The van der Waals surface area contributed by atoms with Gasteiger partial charge in [0.1, 0.15) is 5.82 Å². The second kappa shape index (κ2) is 4.57. The second-order valence-corrected chi connectivity index (χ2v) is 4.17. The van der Waals surface area contributed by atoms with Crippen LogP contribution >= 0.6 is 0 Å². The van der Waals surface area contributed by atoms with Gasteiger partial charge in [-0.1, -0.05) is 0 Å². The lowest BCUT2D eigenvalue weighted by Crippen LogP contribution is -2.26. The highest BCUT2D eigenvalue weighted by atomic mass is 16.5. The van der Waals surface area contributed by atoms with E-state index in [0.29, 0.717) is 12.0 Å². The van der Waals surface area contributed by atoms with Gasteiger partial charge in [-0.3, -0.25) is 0 Å². The first-order chi connectivity index (χ1) is 7.25. The Balaban J connectivity index is 1.95. The minimum atomic E-state index is 0.392. The molecule has 4 heteroatoms. The lowest BCUT2D eigenvalue weighted by atomic mass is 10.0. The Morgan fingerprint density at radius 1 is 1.60 bits per heavy atom.